The Morgan fingerprint density at radius 3 is 2.32 bits per heavy atom. The first-order chi connectivity index (χ1) is 14.8. The standard InChI is InChI=1S/C27H31NO3/c1-19-12-13-21(17-28-27(3,18-29)26(30)31)16-24(19)15-14-22-10-7-11-25(20(22)2)23-8-5-4-6-9-23/h4-13,16,28-29H,14-15,17-18H2,1-3H3,(H,30,31). The topological polar surface area (TPSA) is 69.6 Å². The monoisotopic (exact) mass is 417 g/mol. The average molecular weight is 418 g/mol. The first-order valence-electron chi connectivity index (χ1n) is 10.7. The molecule has 3 rings (SSSR count). The fraction of sp³-hybridized carbons (Fsp3) is 0.296. The van der Waals surface area contributed by atoms with Crippen LogP contribution in [0.1, 0.15) is 34.7 Å². The van der Waals surface area contributed by atoms with Gasteiger partial charge in [-0.2, -0.15) is 0 Å². The van der Waals surface area contributed by atoms with Crippen molar-refractivity contribution >= 4 is 5.97 Å². The second kappa shape index (κ2) is 9.90. The van der Waals surface area contributed by atoms with Crippen LogP contribution in [0.25, 0.3) is 11.1 Å². The smallest absolute Gasteiger partial charge is 0.326 e. The number of carbonyl (C=O) groups is 1. The van der Waals surface area contributed by atoms with Crippen LogP contribution in [0.5, 0.6) is 0 Å². The minimum atomic E-state index is -1.35. The van der Waals surface area contributed by atoms with E-state index in [9.17, 15) is 15.0 Å². The molecular formula is C27H31NO3. The zero-order valence-electron chi connectivity index (χ0n) is 18.5. The van der Waals surface area contributed by atoms with Crippen LogP contribution in [-0.2, 0) is 24.2 Å². The van der Waals surface area contributed by atoms with Crippen LogP contribution in [-0.4, -0.2) is 28.3 Å². The Kier molecular flexibility index (Phi) is 7.26. The van der Waals surface area contributed by atoms with Crippen molar-refractivity contribution in [3.05, 3.63) is 94.5 Å². The highest BCUT2D eigenvalue weighted by atomic mass is 16.4. The molecule has 0 fully saturated rings. The molecule has 0 spiro atoms. The first-order valence-corrected chi connectivity index (χ1v) is 10.7. The van der Waals surface area contributed by atoms with Gasteiger partial charge in [-0.1, -0.05) is 66.7 Å². The highest BCUT2D eigenvalue weighted by molar-refractivity contribution is 5.78. The highest BCUT2D eigenvalue weighted by Crippen LogP contribution is 2.26. The minimum absolute atomic E-state index is 0.388. The van der Waals surface area contributed by atoms with Crippen molar-refractivity contribution in [2.45, 2.75) is 45.7 Å². The number of benzene rings is 3. The molecule has 162 valence electrons. The maximum Gasteiger partial charge on any atom is 0.326 e. The van der Waals surface area contributed by atoms with Gasteiger partial charge < -0.3 is 10.2 Å². The van der Waals surface area contributed by atoms with Gasteiger partial charge in [0.25, 0.3) is 0 Å². The van der Waals surface area contributed by atoms with Gasteiger partial charge in [0.2, 0.25) is 0 Å². The quantitative estimate of drug-likeness (QED) is 0.473. The summed E-state index contributed by atoms with van der Waals surface area (Å²) in [7, 11) is 0. The average Bonchev–Trinajstić information content (AvgIpc) is 2.78. The zero-order chi connectivity index (χ0) is 22.4. The van der Waals surface area contributed by atoms with Crippen molar-refractivity contribution in [1.29, 1.82) is 0 Å². The first kappa shape index (κ1) is 22.7. The lowest BCUT2D eigenvalue weighted by molar-refractivity contribution is -0.145. The summed E-state index contributed by atoms with van der Waals surface area (Å²) in [5.74, 6) is -1.06. The van der Waals surface area contributed by atoms with E-state index in [2.05, 4.69) is 73.8 Å². The molecule has 0 amide bonds. The van der Waals surface area contributed by atoms with E-state index in [-0.39, 0.29) is 0 Å². The lowest BCUT2D eigenvalue weighted by Gasteiger charge is -2.24. The highest BCUT2D eigenvalue weighted by Gasteiger charge is 2.31. The largest absolute Gasteiger partial charge is 0.480 e. The Morgan fingerprint density at radius 1 is 0.935 bits per heavy atom. The van der Waals surface area contributed by atoms with Gasteiger partial charge in [-0.15, -0.1) is 0 Å². The van der Waals surface area contributed by atoms with Gasteiger partial charge in [0, 0.05) is 6.54 Å². The lowest BCUT2D eigenvalue weighted by atomic mass is 9.92. The number of aliphatic carboxylic acids is 1. The van der Waals surface area contributed by atoms with Crippen molar-refractivity contribution in [3.63, 3.8) is 0 Å². The normalized spacial score (nSPS) is 13.0. The van der Waals surface area contributed by atoms with E-state index >= 15 is 0 Å². The van der Waals surface area contributed by atoms with Gasteiger partial charge in [0.05, 0.1) is 6.61 Å². The van der Waals surface area contributed by atoms with Crippen LogP contribution >= 0.6 is 0 Å². The van der Waals surface area contributed by atoms with Crippen LogP contribution in [0.2, 0.25) is 0 Å². The molecule has 3 N–H and O–H groups in total. The lowest BCUT2D eigenvalue weighted by Crippen LogP contribution is -2.52. The summed E-state index contributed by atoms with van der Waals surface area (Å²) < 4.78 is 0. The molecule has 1 unspecified atom stereocenters. The van der Waals surface area contributed by atoms with Crippen LogP contribution in [0.15, 0.2) is 66.7 Å². The predicted octanol–water partition coefficient (Wildman–Crippen LogP) is 4.68. The number of carboxylic acids is 1. The maximum atomic E-state index is 11.4. The summed E-state index contributed by atoms with van der Waals surface area (Å²) in [6, 6.07) is 23.2. The molecule has 0 aliphatic rings. The molecule has 0 heterocycles. The van der Waals surface area contributed by atoms with Crippen molar-refractivity contribution in [2.24, 2.45) is 0 Å². The van der Waals surface area contributed by atoms with Gasteiger partial charge in [0.1, 0.15) is 5.54 Å². The number of hydrogen-bond acceptors (Lipinski definition) is 3. The Hall–Kier alpha value is -2.95. The third-order valence-corrected chi connectivity index (χ3v) is 6.08. The number of aliphatic hydroxyl groups excluding tert-OH is 1. The minimum Gasteiger partial charge on any atom is -0.480 e. The molecule has 4 nitrogen and oxygen atoms in total. The molecule has 0 aromatic heterocycles. The number of hydrogen-bond donors (Lipinski definition) is 3. The third-order valence-electron chi connectivity index (χ3n) is 6.08. The second-order valence-electron chi connectivity index (χ2n) is 8.37. The summed E-state index contributed by atoms with van der Waals surface area (Å²) in [6.45, 7) is 5.71. The summed E-state index contributed by atoms with van der Waals surface area (Å²) in [4.78, 5) is 11.4. The van der Waals surface area contributed by atoms with Crippen molar-refractivity contribution in [3.8, 4) is 11.1 Å². The van der Waals surface area contributed by atoms with Gasteiger partial charge in [0.15, 0.2) is 0 Å². The molecule has 0 saturated heterocycles. The number of aliphatic hydroxyl groups is 1. The molecule has 0 aliphatic heterocycles. The van der Waals surface area contributed by atoms with E-state index in [1.807, 2.05) is 12.1 Å². The summed E-state index contributed by atoms with van der Waals surface area (Å²) >= 11 is 0. The number of nitrogens with one attached hydrogen (secondary N) is 1. The molecule has 31 heavy (non-hydrogen) atoms. The molecule has 4 heteroatoms. The maximum absolute atomic E-state index is 11.4. The van der Waals surface area contributed by atoms with E-state index in [4.69, 9.17) is 0 Å². The molecule has 3 aromatic carbocycles. The second-order valence-corrected chi connectivity index (χ2v) is 8.37. The Morgan fingerprint density at radius 2 is 1.65 bits per heavy atom. The number of rotatable bonds is 9. The third kappa shape index (κ3) is 5.40. The fourth-order valence-electron chi connectivity index (χ4n) is 3.75. The molecule has 0 bridgehead atoms. The van der Waals surface area contributed by atoms with E-state index in [0.717, 1.165) is 18.4 Å². The van der Waals surface area contributed by atoms with Gasteiger partial charge in [-0.25, -0.2) is 0 Å². The van der Waals surface area contributed by atoms with Crippen molar-refractivity contribution < 1.29 is 15.0 Å². The van der Waals surface area contributed by atoms with Crippen LogP contribution in [0.3, 0.4) is 0 Å². The molecule has 0 saturated carbocycles. The van der Waals surface area contributed by atoms with Crippen LogP contribution < -0.4 is 5.32 Å². The van der Waals surface area contributed by atoms with Crippen molar-refractivity contribution in [1.82, 2.24) is 5.32 Å². The fourth-order valence-corrected chi connectivity index (χ4v) is 3.75. The number of carboxylic acid groups (broad SMARTS) is 1. The molecule has 0 aliphatic carbocycles. The zero-order valence-corrected chi connectivity index (χ0v) is 18.5. The van der Waals surface area contributed by atoms with E-state index in [1.165, 1.54) is 40.3 Å². The predicted molar refractivity (Wildman–Crippen MR) is 125 cm³/mol. The van der Waals surface area contributed by atoms with Crippen LogP contribution in [0, 0.1) is 13.8 Å². The Bertz CT molecular complexity index is 1050. The molecule has 0 radical (unpaired) electrons. The van der Waals surface area contributed by atoms with E-state index in [1.54, 1.807) is 0 Å². The SMILES string of the molecule is Cc1ccc(CNC(C)(CO)C(=O)O)cc1CCc1cccc(-c2ccccc2)c1C. The molecular weight excluding hydrogens is 386 g/mol. The van der Waals surface area contributed by atoms with Gasteiger partial charge in [-0.05, 0) is 72.6 Å². The molecule has 1 atom stereocenters. The van der Waals surface area contributed by atoms with Gasteiger partial charge >= 0.3 is 5.97 Å². The molecule has 3 aromatic rings. The van der Waals surface area contributed by atoms with E-state index < -0.39 is 18.1 Å². The summed E-state index contributed by atoms with van der Waals surface area (Å²) in [5.41, 5.74) is 7.29. The summed E-state index contributed by atoms with van der Waals surface area (Å²) in [6.07, 6.45) is 1.85. The Labute approximate surface area is 184 Å². The summed E-state index contributed by atoms with van der Waals surface area (Å²) in [5, 5.41) is 21.7. The van der Waals surface area contributed by atoms with Gasteiger partial charge in [-0.3, -0.25) is 10.1 Å². The van der Waals surface area contributed by atoms with Crippen LogP contribution in [0.4, 0.5) is 0 Å². The Balaban J connectivity index is 1.74. The number of aryl methyl sites for hydroxylation is 3. The van der Waals surface area contributed by atoms with Crippen molar-refractivity contribution in [2.75, 3.05) is 6.61 Å². The van der Waals surface area contributed by atoms with E-state index in [0.29, 0.717) is 6.54 Å².